The highest BCUT2D eigenvalue weighted by molar-refractivity contribution is 5.78. The summed E-state index contributed by atoms with van der Waals surface area (Å²) in [7, 11) is 0. The molecule has 1 aromatic carbocycles. The summed E-state index contributed by atoms with van der Waals surface area (Å²) in [4.78, 5) is 18.3. The van der Waals surface area contributed by atoms with Crippen LogP contribution in [0.4, 0.5) is 0 Å². The highest BCUT2D eigenvalue weighted by Crippen LogP contribution is 2.24. The van der Waals surface area contributed by atoms with Gasteiger partial charge in [0.1, 0.15) is 0 Å². The SMILES string of the molecule is CCCC1CC(=O)N(Cn2cncc2-c2ccccc2)C1. The number of hydrogen-bond donors (Lipinski definition) is 0. The van der Waals surface area contributed by atoms with Crippen LogP contribution in [0.25, 0.3) is 11.3 Å². The maximum Gasteiger partial charge on any atom is 0.224 e. The van der Waals surface area contributed by atoms with Crippen LogP contribution in [0.3, 0.4) is 0 Å². The van der Waals surface area contributed by atoms with Crippen LogP contribution in [-0.4, -0.2) is 26.9 Å². The Morgan fingerprint density at radius 3 is 2.86 bits per heavy atom. The third-order valence-corrected chi connectivity index (χ3v) is 4.10. The Morgan fingerprint density at radius 2 is 2.10 bits per heavy atom. The van der Waals surface area contributed by atoms with E-state index in [1.54, 1.807) is 0 Å². The molecule has 3 rings (SSSR count). The smallest absolute Gasteiger partial charge is 0.224 e. The third kappa shape index (κ3) is 2.99. The summed E-state index contributed by atoms with van der Waals surface area (Å²) < 4.78 is 2.06. The van der Waals surface area contributed by atoms with Crippen molar-refractivity contribution in [1.29, 1.82) is 0 Å². The topological polar surface area (TPSA) is 38.1 Å². The lowest BCUT2D eigenvalue weighted by Gasteiger charge is -2.19. The van der Waals surface area contributed by atoms with Gasteiger partial charge in [0.05, 0.1) is 24.9 Å². The summed E-state index contributed by atoms with van der Waals surface area (Å²) in [6.45, 7) is 3.65. The number of amides is 1. The second kappa shape index (κ2) is 6.12. The summed E-state index contributed by atoms with van der Waals surface area (Å²) in [5, 5.41) is 0. The van der Waals surface area contributed by atoms with Gasteiger partial charge in [0, 0.05) is 13.0 Å². The zero-order valence-corrected chi connectivity index (χ0v) is 12.4. The maximum absolute atomic E-state index is 12.1. The summed E-state index contributed by atoms with van der Waals surface area (Å²) >= 11 is 0. The van der Waals surface area contributed by atoms with Gasteiger partial charge in [0.25, 0.3) is 0 Å². The third-order valence-electron chi connectivity index (χ3n) is 4.10. The molecule has 0 aliphatic carbocycles. The van der Waals surface area contributed by atoms with Gasteiger partial charge in [-0.05, 0) is 17.9 Å². The van der Waals surface area contributed by atoms with Crippen LogP contribution in [0.5, 0.6) is 0 Å². The molecule has 0 bridgehead atoms. The molecule has 0 spiro atoms. The van der Waals surface area contributed by atoms with E-state index in [1.165, 1.54) is 0 Å². The van der Waals surface area contributed by atoms with Gasteiger partial charge in [-0.25, -0.2) is 4.98 Å². The Kier molecular flexibility index (Phi) is 4.04. The normalized spacial score (nSPS) is 18.4. The number of nitrogens with zero attached hydrogens (tertiary/aromatic N) is 3. The fourth-order valence-electron chi connectivity index (χ4n) is 3.06. The fourth-order valence-corrected chi connectivity index (χ4v) is 3.06. The second-order valence-corrected chi connectivity index (χ2v) is 5.73. The van der Waals surface area contributed by atoms with Gasteiger partial charge in [0.2, 0.25) is 5.91 Å². The molecule has 1 aliphatic heterocycles. The Balaban J connectivity index is 1.75. The van der Waals surface area contributed by atoms with Gasteiger partial charge in [0.15, 0.2) is 0 Å². The number of carbonyl (C=O) groups excluding carboxylic acids is 1. The number of benzene rings is 1. The van der Waals surface area contributed by atoms with Crippen molar-refractivity contribution in [2.45, 2.75) is 32.9 Å². The molecular formula is C17H21N3O. The van der Waals surface area contributed by atoms with Crippen LogP contribution in [-0.2, 0) is 11.5 Å². The van der Waals surface area contributed by atoms with Crippen molar-refractivity contribution in [3.63, 3.8) is 0 Å². The van der Waals surface area contributed by atoms with E-state index in [-0.39, 0.29) is 5.91 Å². The van der Waals surface area contributed by atoms with Crippen LogP contribution < -0.4 is 0 Å². The van der Waals surface area contributed by atoms with Crippen molar-refractivity contribution in [2.24, 2.45) is 5.92 Å². The molecule has 2 aromatic rings. The molecule has 1 atom stereocenters. The van der Waals surface area contributed by atoms with Crippen molar-refractivity contribution in [1.82, 2.24) is 14.5 Å². The predicted molar refractivity (Wildman–Crippen MR) is 82.4 cm³/mol. The highest BCUT2D eigenvalue weighted by Gasteiger charge is 2.29. The molecule has 21 heavy (non-hydrogen) atoms. The number of imidazole rings is 1. The van der Waals surface area contributed by atoms with Crippen molar-refractivity contribution >= 4 is 5.91 Å². The predicted octanol–water partition coefficient (Wildman–Crippen LogP) is 3.16. The summed E-state index contributed by atoms with van der Waals surface area (Å²) in [6.07, 6.45) is 6.65. The lowest BCUT2D eigenvalue weighted by atomic mass is 10.0. The van der Waals surface area contributed by atoms with Crippen LogP contribution >= 0.6 is 0 Å². The lowest BCUT2D eigenvalue weighted by Crippen LogP contribution is -2.28. The number of aromatic nitrogens is 2. The molecule has 1 unspecified atom stereocenters. The van der Waals surface area contributed by atoms with E-state index in [2.05, 4.69) is 28.6 Å². The van der Waals surface area contributed by atoms with Crippen LogP contribution in [0.2, 0.25) is 0 Å². The van der Waals surface area contributed by atoms with Crippen molar-refractivity contribution < 1.29 is 4.79 Å². The Hall–Kier alpha value is -2.10. The second-order valence-electron chi connectivity index (χ2n) is 5.73. The van der Waals surface area contributed by atoms with E-state index < -0.39 is 0 Å². The van der Waals surface area contributed by atoms with Gasteiger partial charge in [-0.1, -0.05) is 43.7 Å². The number of rotatable bonds is 5. The molecule has 110 valence electrons. The van der Waals surface area contributed by atoms with E-state index >= 15 is 0 Å². The van der Waals surface area contributed by atoms with Crippen LogP contribution in [0.15, 0.2) is 42.9 Å². The fraction of sp³-hybridized carbons (Fsp3) is 0.412. The standard InChI is InChI=1S/C17H21N3O/c1-2-6-14-9-17(21)19(11-14)13-20-12-18-10-16(20)15-7-4-3-5-8-15/h3-5,7-8,10,12,14H,2,6,9,11,13H2,1H3. The van der Waals surface area contributed by atoms with Crippen molar-refractivity contribution in [3.05, 3.63) is 42.9 Å². The number of carbonyl (C=O) groups is 1. The van der Waals surface area contributed by atoms with Crippen molar-refractivity contribution in [2.75, 3.05) is 6.54 Å². The summed E-state index contributed by atoms with van der Waals surface area (Å²) in [6, 6.07) is 10.2. The molecule has 1 amide bonds. The first-order chi connectivity index (χ1) is 10.3. The maximum atomic E-state index is 12.1. The van der Waals surface area contributed by atoms with E-state index in [0.717, 1.165) is 30.6 Å². The molecule has 1 saturated heterocycles. The quantitative estimate of drug-likeness (QED) is 0.845. The molecule has 1 aliphatic rings. The van der Waals surface area contributed by atoms with E-state index in [1.807, 2.05) is 35.6 Å². The monoisotopic (exact) mass is 283 g/mol. The summed E-state index contributed by atoms with van der Waals surface area (Å²) in [5.41, 5.74) is 2.19. The summed E-state index contributed by atoms with van der Waals surface area (Å²) in [5.74, 6) is 0.785. The Morgan fingerprint density at radius 1 is 1.29 bits per heavy atom. The molecule has 2 heterocycles. The molecule has 1 aromatic heterocycles. The minimum absolute atomic E-state index is 0.265. The van der Waals surface area contributed by atoms with E-state index in [4.69, 9.17) is 0 Å². The van der Waals surface area contributed by atoms with Gasteiger partial charge < -0.3 is 9.47 Å². The van der Waals surface area contributed by atoms with Crippen LogP contribution in [0, 0.1) is 5.92 Å². The zero-order chi connectivity index (χ0) is 14.7. The molecular weight excluding hydrogens is 262 g/mol. The zero-order valence-electron chi connectivity index (χ0n) is 12.4. The van der Waals surface area contributed by atoms with Gasteiger partial charge in [-0.15, -0.1) is 0 Å². The molecule has 1 fully saturated rings. The lowest BCUT2D eigenvalue weighted by molar-refractivity contribution is -0.129. The molecule has 0 N–H and O–H groups in total. The first kappa shape index (κ1) is 13.9. The van der Waals surface area contributed by atoms with E-state index in [9.17, 15) is 4.79 Å². The minimum Gasteiger partial charge on any atom is -0.324 e. The largest absolute Gasteiger partial charge is 0.324 e. The average molecular weight is 283 g/mol. The Labute approximate surface area is 125 Å². The van der Waals surface area contributed by atoms with E-state index in [0.29, 0.717) is 19.0 Å². The van der Waals surface area contributed by atoms with Gasteiger partial charge in [-0.2, -0.15) is 0 Å². The first-order valence-electron chi connectivity index (χ1n) is 7.61. The highest BCUT2D eigenvalue weighted by atomic mass is 16.2. The Bertz CT molecular complexity index is 606. The van der Waals surface area contributed by atoms with Crippen LogP contribution in [0.1, 0.15) is 26.2 Å². The van der Waals surface area contributed by atoms with Crippen molar-refractivity contribution in [3.8, 4) is 11.3 Å². The van der Waals surface area contributed by atoms with Gasteiger partial charge >= 0.3 is 0 Å². The average Bonchev–Trinajstić information content (AvgIpc) is 3.08. The number of hydrogen-bond acceptors (Lipinski definition) is 2. The molecule has 0 saturated carbocycles. The molecule has 4 heteroatoms. The number of likely N-dealkylation sites (tertiary alicyclic amines) is 1. The molecule has 4 nitrogen and oxygen atoms in total. The first-order valence-corrected chi connectivity index (χ1v) is 7.61. The molecule has 0 radical (unpaired) electrons. The van der Waals surface area contributed by atoms with Gasteiger partial charge in [-0.3, -0.25) is 4.79 Å². The minimum atomic E-state index is 0.265.